The van der Waals surface area contributed by atoms with Crippen LogP contribution >= 0.6 is 0 Å². The summed E-state index contributed by atoms with van der Waals surface area (Å²) in [7, 11) is 0. The van der Waals surface area contributed by atoms with Crippen molar-refractivity contribution in [3.63, 3.8) is 0 Å². The molecule has 0 atom stereocenters. The maximum atomic E-state index is 5.31. The monoisotopic (exact) mass is 135 g/mol. The molecule has 0 aromatic carbocycles. The molecule has 0 saturated heterocycles. The topological polar surface area (TPSA) is 21.3 Å². The summed E-state index contributed by atoms with van der Waals surface area (Å²) in [5.74, 6) is 1.02. The Labute approximate surface area is 59.9 Å². The zero-order valence-electron chi connectivity index (χ0n) is 5.63. The first-order valence-corrected chi connectivity index (χ1v) is 3.39. The Hall–Kier alpha value is -1.18. The molecular formula is C8H9NO. The fraction of sp³-hybridized carbons (Fsp3) is 0.250. The number of rotatable bonds is 0. The van der Waals surface area contributed by atoms with Gasteiger partial charge in [-0.3, -0.25) is 0 Å². The van der Waals surface area contributed by atoms with Crippen molar-refractivity contribution in [1.29, 1.82) is 0 Å². The maximum Gasteiger partial charge on any atom is 0.158 e. The molecule has 2 aliphatic rings. The molecule has 1 heterocycles. The van der Waals surface area contributed by atoms with Crippen LogP contribution in [0, 0.1) is 0 Å². The van der Waals surface area contributed by atoms with Crippen LogP contribution in [-0.2, 0) is 4.74 Å². The summed E-state index contributed by atoms with van der Waals surface area (Å²) in [6, 6.07) is 0. The van der Waals surface area contributed by atoms with Gasteiger partial charge in [0, 0.05) is 11.8 Å². The number of fused-ring (bicyclic) bond motifs is 1. The largest absolute Gasteiger partial charge is 0.473 e. The van der Waals surface area contributed by atoms with E-state index in [1.54, 1.807) is 0 Å². The molecule has 1 aliphatic carbocycles. The van der Waals surface area contributed by atoms with E-state index in [0.717, 1.165) is 12.2 Å². The van der Waals surface area contributed by atoms with Crippen molar-refractivity contribution in [3.05, 3.63) is 35.8 Å². The van der Waals surface area contributed by atoms with Crippen LogP contribution in [-0.4, -0.2) is 6.73 Å². The second-order valence-corrected chi connectivity index (χ2v) is 2.33. The number of nitrogens with one attached hydrogen (secondary N) is 1. The minimum absolute atomic E-state index is 0.600. The summed E-state index contributed by atoms with van der Waals surface area (Å²) in [6.45, 7) is 0.600. The van der Waals surface area contributed by atoms with Crippen LogP contribution in [0.15, 0.2) is 35.8 Å². The van der Waals surface area contributed by atoms with Gasteiger partial charge < -0.3 is 10.1 Å². The average Bonchev–Trinajstić information content (AvgIpc) is 2.05. The zero-order chi connectivity index (χ0) is 6.81. The predicted molar refractivity (Wildman–Crippen MR) is 39.0 cm³/mol. The molecule has 0 radical (unpaired) electrons. The van der Waals surface area contributed by atoms with Gasteiger partial charge in [-0.25, -0.2) is 0 Å². The smallest absolute Gasteiger partial charge is 0.158 e. The first-order valence-electron chi connectivity index (χ1n) is 3.39. The lowest BCUT2D eigenvalue weighted by molar-refractivity contribution is 0.195. The van der Waals surface area contributed by atoms with Crippen LogP contribution in [0.3, 0.4) is 0 Å². The molecule has 0 fully saturated rings. The summed E-state index contributed by atoms with van der Waals surface area (Å²) in [5, 5.41) is 3.02. The Bertz CT molecular complexity index is 225. The Morgan fingerprint density at radius 1 is 1.50 bits per heavy atom. The van der Waals surface area contributed by atoms with Gasteiger partial charge in [-0.2, -0.15) is 0 Å². The molecule has 52 valence electrons. The van der Waals surface area contributed by atoms with E-state index in [0.29, 0.717) is 6.73 Å². The molecular weight excluding hydrogens is 126 g/mol. The molecule has 1 N–H and O–H groups in total. The van der Waals surface area contributed by atoms with Crippen molar-refractivity contribution in [1.82, 2.24) is 5.32 Å². The molecule has 0 saturated carbocycles. The molecule has 0 spiro atoms. The highest BCUT2D eigenvalue weighted by molar-refractivity contribution is 5.35. The highest BCUT2D eigenvalue weighted by atomic mass is 16.5. The van der Waals surface area contributed by atoms with E-state index >= 15 is 0 Å². The van der Waals surface area contributed by atoms with E-state index in [1.165, 1.54) is 5.57 Å². The Kier molecular flexibility index (Phi) is 1.24. The summed E-state index contributed by atoms with van der Waals surface area (Å²) < 4.78 is 5.31. The molecule has 0 unspecified atom stereocenters. The third kappa shape index (κ3) is 0.817. The van der Waals surface area contributed by atoms with Crippen LogP contribution in [0.4, 0.5) is 0 Å². The van der Waals surface area contributed by atoms with Gasteiger partial charge in [0.05, 0.1) is 0 Å². The summed E-state index contributed by atoms with van der Waals surface area (Å²) in [4.78, 5) is 0. The molecule has 2 rings (SSSR count). The molecule has 2 heteroatoms. The lowest BCUT2D eigenvalue weighted by atomic mass is 10.1. The zero-order valence-corrected chi connectivity index (χ0v) is 5.63. The number of hydrogen-bond acceptors (Lipinski definition) is 2. The van der Waals surface area contributed by atoms with Gasteiger partial charge in [-0.15, -0.1) is 0 Å². The first-order chi connectivity index (χ1) is 4.97. The molecule has 1 aliphatic heterocycles. The SMILES string of the molecule is C1=CCC2=CNCOC2=C1. The van der Waals surface area contributed by atoms with Gasteiger partial charge in [-0.1, -0.05) is 12.2 Å². The molecule has 0 aromatic rings. The fourth-order valence-corrected chi connectivity index (χ4v) is 1.11. The third-order valence-corrected chi connectivity index (χ3v) is 1.63. The highest BCUT2D eigenvalue weighted by Gasteiger charge is 2.10. The second-order valence-electron chi connectivity index (χ2n) is 2.33. The van der Waals surface area contributed by atoms with Crippen molar-refractivity contribution in [2.24, 2.45) is 0 Å². The standard InChI is InChI=1S/C8H9NO/c1-2-4-8-7(3-1)5-9-6-10-8/h1-2,4-5,9H,3,6H2. The van der Waals surface area contributed by atoms with Gasteiger partial charge >= 0.3 is 0 Å². The van der Waals surface area contributed by atoms with E-state index in [2.05, 4.69) is 11.4 Å². The van der Waals surface area contributed by atoms with Crippen molar-refractivity contribution in [2.45, 2.75) is 6.42 Å². The highest BCUT2D eigenvalue weighted by Crippen LogP contribution is 2.21. The Morgan fingerprint density at radius 2 is 2.50 bits per heavy atom. The van der Waals surface area contributed by atoms with Crippen molar-refractivity contribution in [2.75, 3.05) is 6.73 Å². The lowest BCUT2D eigenvalue weighted by Crippen LogP contribution is -2.18. The van der Waals surface area contributed by atoms with Gasteiger partial charge in [0.2, 0.25) is 0 Å². The van der Waals surface area contributed by atoms with Crippen LogP contribution in [0.1, 0.15) is 6.42 Å². The summed E-state index contributed by atoms with van der Waals surface area (Å²) >= 11 is 0. The van der Waals surface area contributed by atoms with E-state index in [-0.39, 0.29) is 0 Å². The van der Waals surface area contributed by atoms with Gasteiger partial charge in [0.1, 0.15) is 5.76 Å². The average molecular weight is 135 g/mol. The van der Waals surface area contributed by atoms with Crippen LogP contribution in [0.5, 0.6) is 0 Å². The third-order valence-electron chi connectivity index (χ3n) is 1.63. The van der Waals surface area contributed by atoms with E-state index in [4.69, 9.17) is 4.74 Å². The van der Waals surface area contributed by atoms with Gasteiger partial charge in [-0.05, 0) is 12.5 Å². The Morgan fingerprint density at radius 3 is 3.40 bits per heavy atom. The van der Waals surface area contributed by atoms with Crippen molar-refractivity contribution in [3.8, 4) is 0 Å². The number of allylic oxidation sites excluding steroid dienone is 4. The quantitative estimate of drug-likeness (QED) is 0.540. The maximum absolute atomic E-state index is 5.31. The van der Waals surface area contributed by atoms with Gasteiger partial charge in [0.15, 0.2) is 6.73 Å². The summed E-state index contributed by atoms with van der Waals surface area (Å²) in [5.41, 5.74) is 1.24. The van der Waals surface area contributed by atoms with Crippen molar-refractivity contribution < 1.29 is 4.74 Å². The van der Waals surface area contributed by atoms with Crippen molar-refractivity contribution >= 4 is 0 Å². The Balaban J connectivity index is 2.32. The molecule has 0 aromatic heterocycles. The van der Waals surface area contributed by atoms with E-state index in [9.17, 15) is 0 Å². The van der Waals surface area contributed by atoms with E-state index < -0.39 is 0 Å². The first kappa shape index (κ1) is 5.59. The van der Waals surface area contributed by atoms with Crippen LogP contribution < -0.4 is 5.32 Å². The molecule has 2 nitrogen and oxygen atoms in total. The number of hydrogen-bond donors (Lipinski definition) is 1. The number of ether oxygens (including phenoxy) is 1. The van der Waals surface area contributed by atoms with Crippen LogP contribution in [0.2, 0.25) is 0 Å². The van der Waals surface area contributed by atoms with Crippen LogP contribution in [0.25, 0.3) is 0 Å². The predicted octanol–water partition coefficient (Wildman–Crippen LogP) is 1.29. The summed E-state index contributed by atoms with van der Waals surface area (Å²) in [6.07, 6.45) is 9.14. The van der Waals surface area contributed by atoms with E-state index in [1.807, 2.05) is 18.4 Å². The molecule has 10 heavy (non-hydrogen) atoms. The lowest BCUT2D eigenvalue weighted by Gasteiger charge is -2.19. The minimum Gasteiger partial charge on any atom is -0.473 e. The molecule has 0 bridgehead atoms. The molecule has 0 amide bonds. The second kappa shape index (κ2) is 2.21. The minimum atomic E-state index is 0.600. The fourth-order valence-electron chi connectivity index (χ4n) is 1.11. The normalized spacial score (nSPS) is 21.6. The van der Waals surface area contributed by atoms with Gasteiger partial charge in [0.25, 0.3) is 0 Å².